The molecule has 1 unspecified atom stereocenters. The van der Waals surface area contributed by atoms with Crippen molar-refractivity contribution in [1.29, 1.82) is 0 Å². The number of carbonyl (C=O) groups is 2. The van der Waals surface area contributed by atoms with Gasteiger partial charge in [-0.25, -0.2) is 0 Å². The molecule has 2 amide bonds. The second-order valence-electron chi connectivity index (χ2n) is 7.74. The molecule has 1 heterocycles. The van der Waals surface area contributed by atoms with Crippen molar-refractivity contribution >= 4 is 17.5 Å². The molecular weight excluding hydrogens is 388 g/mol. The first kappa shape index (κ1) is 20.7. The SMILES string of the molecule is CC1Oc2ccccc2N(CCC(=O)N(C)Cc2ccccc2-c2ccccc2)C1=O. The number of rotatable bonds is 6. The van der Waals surface area contributed by atoms with Gasteiger partial charge in [0.05, 0.1) is 5.69 Å². The van der Waals surface area contributed by atoms with Crippen LogP contribution in [-0.2, 0) is 16.1 Å². The van der Waals surface area contributed by atoms with Crippen molar-refractivity contribution < 1.29 is 14.3 Å². The van der Waals surface area contributed by atoms with Gasteiger partial charge in [0.25, 0.3) is 5.91 Å². The average molecular weight is 415 g/mol. The Morgan fingerprint density at radius 1 is 0.968 bits per heavy atom. The molecule has 0 aliphatic carbocycles. The fraction of sp³-hybridized carbons (Fsp3) is 0.231. The third kappa shape index (κ3) is 4.45. The number of benzene rings is 3. The van der Waals surface area contributed by atoms with E-state index in [9.17, 15) is 9.59 Å². The van der Waals surface area contributed by atoms with E-state index >= 15 is 0 Å². The van der Waals surface area contributed by atoms with E-state index in [1.807, 2.05) is 61.6 Å². The Labute approximate surface area is 182 Å². The summed E-state index contributed by atoms with van der Waals surface area (Å²) in [6.07, 6.45) is -0.308. The monoisotopic (exact) mass is 414 g/mol. The molecular formula is C26H26N2O3. The first-order valence-electron chi connectivity index (χ1n) is 10.5. The molecule has 0 saturated carbocycles. The smallest absolute Gasteiger partial charge is 0.267 e. The molecule has 0 N–H and O–H groups in total. The van der Waals surface area contributed by atoms with Gasteiger partial charge >= 0.3 is 0 Å². The largest absolute Gasteiger partial charge is 0.479 e. The molecule has 31 heavy (non-hydrogen) atoms. The van der Waals surface area contributed by atoms with Crippen molar-refractivity contribution in [3.8, 4) is 16.9 Å². The molecule has 0 aromatic heterocycles. The number of nitrogens with zero attached hydrogens (tertiary/aromatic N) is 2. The third-order valence-corrected chi connectivity index (χ3v) is 5.56. The molecule has 0 spiro atoms. The third-order valence-electron chi connectivity index (χ3n) is 5.56. The second-order valence-corrected chi connectivity index (χ2v) is 7.74. The van der Waals surface area contributed by atoms with Gasteiger partial charge in [0.2, 0.25) is 5.91 Å². The molecule has 5 heteroatoms. The highest BCUT2D eigenvalue weighted by Crippen LogP contribution is 2.33. The Morgan fingerprint density at radius 2 is 1.65 bits per heavy atom. The molecule has 1 atom stereocenters. The maximum absolute atomic E-state index is 12.9. The van der Waals surface area contributed by atoms with Gasteiger partial charge in [0.1, 0.15) is 5.75 Å². The zero-order valence-corrected chi connectivity index (χ0v) is 17.8. The summed E-state index contributed by atoms with van der Waals surface area (Å²) in [7, 11) is 1.81. The van der Waals surface area contributed by atoms with E-state index in [1.54, 1.807) is 16.7 Å². The van der Waals surface area contributed by atoms with Crippen LogP contribution in [0.3, 0.4) is 0 Å². The van der Waals surface area contributed by atoms with Gasteiger partial charge in [0.15, 0.2) is 6.10 Å². The van der Waals surface area contributed by atoms with Gasteiger partial charge in [-0.2, -0.15) is 0 Å². The van der Waals surface area contributed by atoms with Crippen molar-refractivity contribution in [3.63, 3.8) is 0 Å². The lowest BCUT2D eigenvalue weighted by Gasteiger charge is -2.33. The lowest BCUT2D eigenvalue weighted by molar-refractivity contribution is -0.130. The minimum atomic E-state index is -0.555. The Morgan fingerprint density at radius 3 is 2.45 bits per heavy atom. The lowest BCUT2D eigenvalue weighted by atomic mass is 9.99. The standard InChI is InChI=1S/C26H26N2O3/c1-19-26(30)28(23-14-8-9-15-24(23)31-19)17-16-25(29)27(2)18-21-12-6-7-13-22(21)20-10-4-3-5-11-20/h3-15,19H,16-18H2,1-2H3. The minimum absolute atomic E-state index is 0.00714. The van der Waals surface area contributed by atoms with Crippen LogP contribution < -0.4 is 9.64 Å². The van der Waals surface area contributed by atoms with E-state index in [1.165, 1.54) is 0 Å². The van der Waals surface area contributed by atoms with Gasteiger partial charge in [-0.15, -0.1) is 0 Å². The van der Waals surface area contributed by atoms with E-state index in [4.69, 9.17) is 4.74 Å². The molecule has 5 nitrogen and oxygen atoms in total. The molecule has 0 saturated heterocycles. The first-order chi connectivity index (χ1) is 15.0. The lowest BCUT2D eigenvalue weighted by Crippen LogP contribution is -2.45. The average Bonchev–Trinajstić information content (AvgIpc) is 2.80. The van der Waals surface area contributed by atoms with E-state index < -0.39 is 6.10 Å². The Balaban J connectivity index is 1.44. The highest BCUT2D eigenvalue weighted by Gasteiger charge is 2.31. The highest BCUT2D eigenvalue weighted by molar-refractivity contribution is 6.00. The van der Waals surface area contributed by atoms with E-state index in [2.05, 4.69) is 24.3 Å². The van der Waals surface area contributed by atoms with Crippen LogP contribution >= 0.6 is 0 Å². The summed E-state index contributed by atoms with van der Waals surface area (Å²) in [5.74, 6) is 0.544. The van der Waals surface area contributed by atoms with Crippen LogP contribution in [0.1, 0.15) is 18.9 Å². The summed E-state index contributed by atoms with van der Waals surface area (Å²) in [5, 5.41) is 0. The van der Waals surface area contributed by atoms with Crippen LogP contribution in [-0.4, -0.2) is 36.4 Å². The topological polar surface area (TPSA) is 49.9 Å². The maximum Gasteiger partial charge on any atom is 0.267 e. The molecule has 4 rings (SSSR count). The van der Waals surface area contributed by atoms with Crippen LogP contribution in [0.4, 0.5) is 5.69 Å². The summed E-state index contributed by atoms with van der Waals surface area (Å²) >= 11 is 0. The van der Waals surface area contributed by atoms with Crippen molar-refractivity contribution in [2.75, 3.05) is 18.5 Å². The molecule has 1 aliphatic heterocycles. The number of ether oxygens (including phenoxy) is 1. The number of carbonyl (C=O) groups excluding carboxylic acids is 2. The quantitative estimate of drug-likeness (QED) is 0.596. The number of hydrogen-bond donors (Lipinski definition) is 0. The molecule has 0 radical (unpaired) electrons. The normalized spacial score (nSPS) is 15.2. The van der Waals surface area contributed by atoms with Crippen LogP contribution in [0.15, 0.2) is 78.9 Å². The molecule has 3 aromatic carbocycles. The zero-order valence-electron chi connectivity index (χ0n) is 17.8. The first-order valence-corrected chi connectivity index (χ1v) is 10.5. The van der Waals surface area contributed by atoms with Gasteiger partial charge < -0.3 is 14.5 Å². The summed E-state index contributed by atoms with van der Waals surface area (Å²) in [5.41, 5.74) is 4.05. The fourth-order valence-corrected chi connectivity index (χ4v) is 3.89. The van der Waals surface area contributed by atoms with Crippen molar-refractivity contribution in [3.05, 3.63) is 84.4 Å². The predicted octanol–water partition coefficient (Wildman–Crippen LogP) is 4.52. The zero-order chi connectivity index (χ0) is 21.8. The Bertz CT molecular complexity index is 1080. The summed E-state index contributed by atoms with van der Waals surface area (Å²) < 4.78 is 5.68. The maximum atomic E-state index is 12.9. The Kier molecular flexibility index (Phi) is 6.03. The predicted molar refractivity (Wildman–Crippen MR) is 122 cm³/mol. The number of anilines is 1. The van der Waals surface area contributed by atoms with E-state index in [-0.39, 0.29) is 18.2 Å². The van der Waals surface area contributed by atoms with Crippen molar-refractivity contribution in [2.24, 2.45) is 0 Å². The number of fused-ring (bicyclic) bond motifs is 1. The van der Waals surface area contributed by atoms with Crippen LogP contribution in [0.25, 0.3) is 11.1 Å². The molecule has 0 bridgehead atoms. The van der Waals surface area contributed by atoms with Crippen molar-refractivity contribution in [2.45, 2.75) is 26.0 Å². The molecule has 3 aromatic rings. The van der Waals surface area contributed by atoms with Crippen LogP contribution in [0.5, 0.6) is 5.75 Å². The van der Waals surface area contributed by atoms with Crippen LogP contribution in [0, 0.1) is 0 Å². The van der Waals surface area contributed by atoms with Gasteiger partial charge in [-0.1, -0.05) is 66.7 Å². The Hall–Kier alpha value is -3.60. The van der Waals surface area contributed by atoms with E-state index in [0.29, 0.717) is 18.8 Å². The highest BCUT2D eigenvalue weighted by atomic mass is 16.5. The summed E-state index contributed by atoms with van der Waals surface area (Å²) in [6.45, 7) is 2.57. The minimum Gasteiger partial charge on any atom is -0.479 e. The van der Waals surface area contributed by atoms with Gasteiger partial charge in [0, 0.05) is 26.6 Å². The number of para-hydroxylation sites is 2. The summed E-state index contributed by atoms with van der Waals surface area (Å²) in [6, 6.07) is 25.7. The molecule has 1 aliphatic rings. The fourth-order valence-electron chi connectivity index (χ4n) is 3.89. The molecule has 0 fully saturated rings. The number of hydrogen-bond acceptors (Lipinski definition) is 3. The van der Waals surface area contributed by atoms with Crippen LogP contribution in [0.2, 0.25) is 0 Å². The van der Waals surface area contributed by atoms with Crippen molar-refractivity contribution in [1.82, 2.24) is 4.90 Å². The van der Waals surface area contributed by atoms with Gasteiger partial charge in [-0.05, 0) is 35.7 Å². The molecule has 158 valence electrons. The second kappa shape index (κ2) is 9.04. The van der Waals surface area contributed by atoms with E-state index in [0.717, 1.165) is 22.4 Å². The summed E-state index contributed by atoms with van der Waals surface area (Å²) in [4.78, 5) is 28.9. The van der Waals surface area contributed by atoms with Gasteiger partial charge in [-0.3, -0.25) is 9.59 Å². The number of amides is 2.